The first-order chi connectivity index (χ1) is 13.0. The molecule has 0 bridgehead atoms. The topological polar surface area (TPSA) is 54.0 Å². The Hall–Kier alpha value is -2.48. The molecule has 140 valence electrons. The molecule has 0 saturated carbocycles. The molecular weight excluding hydrogens is 459 g/mol. The third-order valence-corrected chi connectivity index (χ3v) is 4.76. The van der Waals surface area contributed by atoms with Crippen molar-refractivity contribution in [2.45, 2.75) is 6.92 Å². The Kier molecular flexibility index (Phi) is 6.05. The predicted octanol–water partition coefficient (Wildman–Crippen LogP) is 4.69. The first-order valence-electron chi connectivity index (χ1n) is 8.36. The van der Waals surface area contributed by atoms with Gasteiger partial charge in [-0.2, -0.15) is 0 Å². The van der Waals surface area contributed by atoms with Crippen molar-refractivity contribution < 1.29 is 23.7 Å². The highest BCUT2D eigenvalue weighted by molar-refractivity contribution is 14.1. The lowest BCUT2D eigenvalue weighted by atomic mass is 10.1. The molecule has 5 nitrogen and oxygen atoms in total. The van der Waals surface area contributed by atoms with E-state index in [2.05, 4.69) is 22.6 Å². The zero-order valence-corrected chi connectivity index (χ0v) is 17.4. The molecule has 1 heterocycles. The molecule has 0 radical (unpaired) electrons. The standard InChI is InChI=1S/C21H19IO5/c1-4-26-20-17(22)10-13(11-19(20)25-3)9-15-12-18(27-21(15)23)14-5-7-16(24-2)8-6-14/h5-12H,4H2,1-3H3/b15-9-. The Morgan fingerprint density at radius 2 is 1.85 bits per heavy atom. The zero-order chi connectivity index (χ0) is 19.4. The first-order valence-corrected chi connectivity index (χ1v) is 9.44. The van der Waals surface area contributed by atoms with Gasteiger partial charge in [-0.3, -0.25) is 0 Å². The van der Waals surface area contributed by atoms with Crippen LogP contribution in [-0.4, -0.2) is 26.8 Å². The molecule has 0 saturated heterocycles. The predicted molar refractivity (Wildman–Crippen MR) is 112 cm³/mol. The minimum Gasteiger partial charge on any atom is -0.497 e. The summed E-state index contributed by atoms with van der Waals surface area (Å²) in [4.78, 5) is 12.3. The lowest BCUT2D eigenvalue weighted by Gasteiger charge is -2.12. The third-order valence-electron chi connectivity index (χ3n) is 3.96. The summed E-state index contributed by atoms with van der Waals surface area (Å²) >= 11 is 2.19. The molecule has 0 spiro atoms. The van der Waals surface area contributed by atoms with Crippen molar-refractivity contribution in [3.05, 3.63) is 62.7 Å². The molecule has 0 aromatic heterocycles. The van der Waals surface area contributed by atoms with Crippen molar-refractivity contribution in [2.75, 3.05) is 20.8 Å². The van der Waals surface area contributed by atoms with Gasteiger partial charge in [0.05, 0.1) is 30.0 Å². The van der Waals surface area contributed by atoms with Gasteiger partial charge in [0.1, 0.15) is 11.5 Å². The van der Waals surface area contributed by atoms with Gasteiger partial charge in [-0.15, -0.1) is 0 Å². The van der Waals surface area contributed by atoms with E-state index in [0.29, 0.717) is 29.4 Å². The van der Waals surface area contributed by atoms with Crippen LogP contribution < -0.4 is 14.2 Å². The minimum atomic E-state index is -0.385. The molecule has 0 N–H and O–H groups in total. The second-order valence-electron chi connectivity index (χ2n) is 5.69. The van der Waals surface area contributed by atoms with Gasteiger partial charge in [-0.1, -0.05) is 0 Å². The summed E-state index contributed by atoms with van der Waals surface area (Å²) in [6.45, 7) is 2.47. The Morgan fingerprint density at radius 1 is 1.11 bits per heavy atom. The zero-order valence-electron chi connectivity index (χ0n) is 15.2. The van der Waals surface area contributed by atoms with E-state index in [0.717, 1.165) is 20.4 Å². The van der Waals surface area contributed by atoms with E-state index in [9.17, 15) is 4.79 Å². The van der Waals surface area contributed by atoms with Crippen molar-refractivity contribution in [1.82, 2.24) is 0 Å². The number of halogens is 1. The summed E-state index contributed by atoms with van der Waals surface area (Å²) in [5.74, 6) is 2.20. The summed E-state index contributed by atoms with van der Waals surface area (Å²) < 4.78 is 22.5. The quantitative estimate of drug-likeness (QED) is 0.343. The molecule has 0 unspecified atom stereocenters. The van der Waals surface area contributed by atoms with Crippen LogP contribution in [0.4, 0.5) is 0 Å². The fraction of sp³-hybridized carbons (Fsp3) is 0.190. The molecule has 2 aromatic rings. The van der Waals surface area contributed by atoms with Crippen LogP contribution in [0.2, 0.25) is 0 Å². The number of carbonyl (C=O) groups excluding carboxylic acids is 1. The molecule has 1 aliphatic rings. The lowest BCUT2D eigenvalue weighted by Crippen LogP contribution is -1.99. The largest absolute Gasteiger partial charge is 0.497 e. The van der Waals surface area contributed by atoms with Crippen LogP contribution in [0.15, 0.2) is 48.0 Å². The fourth-order valence-electron chi connectivity index (χ4n) is 2.67. The Labute approximate surface area is 171 Å². The molecule has 27 heavy (non-hydrogen) atoms. The summed E-state index contributed by atoms with van der Waals surface area (Å²) in [6.07, 6.45) is 3.51. The molecule has 3 rings (SSSR count). The molecule has 2 aromatic carbocycles. The summed E-state index contributed by atoms with van der Waals surface area (Å²) in [6, 6.07) is 11.1. The molecular formula is C21H19IO5. The number of hydrogen-bond acceptors (Lipinski definition) is 5. The van der Waals surface area contributed by atoms with Crippen molar-refractivity contribution in [1.29, 1.82) is 0 Å². The van der Waals surface area contributed by atoms with Gasteiger partial charge in [0.25, 0.3) is 0 Å². The number of carbonyl (C=O) groups is 1. The molecule has 0 fully saturated rings. The van der Waals surface area contributed by atoms with E-state index in [1.54, 1.807) is 26.4 Å². The number of ether oxygens (including phenoxy) is 4. The Morgan fingerprint density at radius 3 is 2.48 bits per heavy atom. The highest BCUT2D eigenvalue weighted by atomic mass is 127. The average molecular weight is 478 g/mol. The molecule has 0 amide bonds. The number of hydrogen-bond donors (Lipinski definition) is 0. The maximum Gasteiger partial charge on any atom is 0.343 e. The number of rotatable bonds is 6. The van der Waals surface area contributed by atoms with E-state index in [-0.39, 0.29) is 5.97 Å². The summed E-state index contributed by atoms with van der Waals surface area (Å²) in [5.41, 5.74) is 2.12. The molecule has 0 atom stereocenters. The van der Waals surface area contributed by atoms with Crippen LogP contribution in [0.1, 0.15) is 18.1 Å². The van der Waals surface area contributed by atoms with Crippen LogP contribution in [0.25, 0.3) is 11.8 Å². The van der Waals surface area contributed by atoms with E-state index in [1.165, 1.54) is 0 Å². The average Bonchev–Trinajstić information content (AvgIpc) is 3.04. The van der Waals surface area contributed by atoms with Crippen LogP contribution in [-0.2, 0) is 9.53 Å². The lowest BCUT2D eigenvalue weighted by molar-refractivity contribution is -0.130. The van der Waals surface area contributed by atoms with Crippen molar-refractivity contribution in [2.24, 2.45) is 0 Å². The van der Waals surface area contributed by atoms with Crippen molar-refractivity contribution >= 4 is 40.4 Å². The van der Waals surface area contributed by atoms with E-state index < -0.39 is 0 Å². The van der Waals surface area contributed by atoms with Crippen molar-refractivity contribution in [3.8, 4) is 17.2 Å². The van der Waals surface area contributed by atoms with Gasteiger partial charge >= 0.3 is 5.97 Å². The van der Waals surface area contributed by atoms with E-state index in [1.807, 2.05) is 43.3 Å². The maximum atomic E-state index is 12.3. The maximum absolute atomic E-state index is 12.3. The number of benzene rings is 2. The summed E-state index contributed by atoms with van der Waals surface area (Å²) in [7, 11) is 3.20. The fourth-order valence-corrected chi connectivity index (χ4v) is 3.45. The first kappa shape index (κ1) is 19.3. The van der Waals surface area contributed by atoms with Crippen LogP contribution >= 0.6 is 22.6 Å². The van der Waals surface area contributed by atoms with Crippen molar-refractivity contribution in [3.63, 3.8) is 0 Å². The van der Waals surface area contributed by atoms with E-state index >= 15 is 0 Å². The van der Waals surface area contributed by atoms with Gasteiger partial charge < -0.3 is 18.9 Å². The van der Waals surface area contributed by atoms with Gasteiger partial charge in [0.15, 0.2) is 11.5 Å². The van der Waals surface area contributed by atoms with Crippen LogP contribution in [0.5, 0.6) is 17.2 Å². The normalized spacial score (nSPS) is 14.7. The third kappa shape index (κ3) is 4.27. The van der Waals surface area contributed by atoms with Gasteiger partial charge in [0.2, 0.25) is 0 Å². The highest BCUT2D eigenvalue weighted by Gasteiger charge is 2.22. The van der Waals surface area contributed by atoms with Gasteiger partial charge in [-0.05, 0) is 83.6 Å². The molecule has 1 aliphatic heterocycles. The second-order valence-corrected chi connectivity index (χ2v) is 6.86. The monoisotopic (exact) mass is 478 g/mol. The van der Waals surface area contributed by atoms with Gasteiger partial charge in [0, 0.05) is 5.56 Å². The summed E-state index contributed by atoms with van der Waals surface area (Å²) in [5, 5.41) is 0. The minimum absolute atomic E-state index is 0.385. The number of cyclic esters (lactones) is 1. The molecule has 6 heteroatoms. The van der Waals surface area contributed by atoms with Crippen LogP contribution in [0.3, 0.4) is 0 Å². The van der Waals surface area contributed by atoms with Gasteiger partial charge in [-0.25, -0.2) is 4.79 Å². The number of esters is 1. The van der Waals surface area contributed by atoms with Crippen LogP contribution in [0, 0.1) is 3.57 Å². The SMILES string of the molecule is CCOc1c(I)cc(/C=C2/C=C(c3ccc(OC)cc3)OC2=O)cc1OC. The Balaban J connectivity index is 1.93. The number of methoxy groups -OCH3 is 2. The Bertz CT molecular complexity index is 913. The smallest absolute Gasteiger partial charge is 0.343 e. The highest BCUT2D eigenvalue weighted by Crippen LogP contribution is 2.35. The second kappa shape index (κ2) is 8.47. The molecule has 0 aliphatic carbocycles. The van der Waals surface area contributed by atoms with E-state index in [4.69, 9.17) is 18.9 Å².